The Morgan fingerprint density at radius 2 is 1.76 bits per heavy atom. The number of carbonyl (C=O) groups excluding carboxylic acids is 1. The van der Waals surface area contributed by atoms with Gasteiger partial charge in [-0.3, -0.25) is 4.79 Å². The molecule has 1 N–H and O–H groups in total. The maximum Gasteiger partial charge on any atom is 0.236 e. The van der Waals surface area contributed by atoms with E-state index in [0.717, 1.165) is 34.9 Å². The summed E-state index contributed by atoms with van der Waals surface area (Å²) in [6.45, 7) is 11.3. The fourth-order valence-corrected chi connectivity index (χ4v) is 5.40. The zero-order valence-electron chi connectivity index (χ0n) is 21.8. The summed E-state index contributed by atoms with van der Waals surface area (Å²) in [5.41, 5.74) is 3.03. The summed E-state index contributed by atoms with van der Waals surface area (Å²) in [6.07, 6.45) is -0.291. The molecule has 0 aliphatic heterocycles. The average molecular weight is 536 g/mol. The van der Waals surface area contributed by atoms with Crippen molar-refractivity contribution < 1.29 is 9.53 Å². The van der Waals surface area contributed by atoms with Crippen LogP contribution in [-0.4, -0.2) is 31.4 Å². The third-order valence-electron chi connectivity index (χ3n) is 5.65. The van der Waals surface area contributed by atoms with Gasteiger partial charge < -0.3 is 14.6 Å². The van der Waals surface area contributed by atoms with Gasteiger partial charge in [0.25, 0.3) is 0 Å². The van der Waals surface area contributed by atoms with Crippen molar-refractivity contribution in [2.75, 3.05) is 11.1 Å². The number of rotatable bonds is 11. The van der Waals surface area contributed by atoms with Crippen molar-refractivity contribution in [3.63, 3.8) is 0 Å². The van der Waals surface area contributed by atoms with Crippen molar-refractivity contribution >= 4 is 34.1 Å². The lowest BCUT2D eigenvalue weighted by molar-refractivity contribution is -0.113. The van der Waals surface area contributed by atoms with E-state index in [1.807, 2.05) is 60.8 Å². The summed E-state index contributed by atoms with van der Waals surface area (Å²) in [6, 6.07) is 18.0. The number of ether oxygens (including phenoxy) is 1. The molecule has 0 saturated carbocycles. The second kappa shape index (κ2) is 12.4. The van der Waals surface area contributed by atoms with Crippen LogP contribution >= 0.6 is 23.1 Å². The Balaban J connectivity index is 1.43. The van der Waals surface area contributed by atoms with Crippen LogP contribution in [0.15, 0.2) is 65.1 Å². The second-order valence-corrected chi connectivity index (χ2v) is 11.3. The quantitative estimate of drug-likeness (QED) is 0.207. The zero-order chi connectivity index (χ0) is 26.4. The average Bonchev–Trinajstić information content (AvgIpc) is 3.50. The van der Waals surface area contributed by atoms with E-state index >= 15 is 0 Å². The van der Waals surface area contributed by atoms with Crippen molar-refractivity contribution in [1.82, 2.24) is 19.7 Å². The zero-order valence-corrected chi connectivity index (χ0v) is 23.5. The third-order valence-corrected chi connectivity index (χ3v) is 7.38. The minimum atomic E-state index is -0.291. The summed E-state index contributed by atoms with van der Waals surface area (Å²) >= 11 is 2.79. The van der Waals surface area contributed by atoms with E-state index in [9.17, 15) is 4.79 Å². The van der Waals surface area contributed by atoms with Crippen LogP contribution < -0.4 is 10.1 Å². The van der Waals surface area contributed by atoms with E-state index in [2.05, 4.69) is 58.8 Å². The SMILES string of the molecule is CC(C)Cn1c(SCC(=O)Nc2nc(-c3ccccc3)cs2)nnc1C(C)Oc1ccccc1C(C)C. The monoisotopic (exact) mass is 535 g/mol. The van der Waals surface area contributed by atoms with Gasteiger partial charge in [-0.15, -0.1) is 21.5 Å². The molecule has 0 saturated heterocycles. The molecular formula is C28H33N5O2S2. The number of amides is 1. The van der Waals surface area contributed by atoms with Crippen molar-refractivity contribution in [1.29, 1.82) is 0 Å². The molecule has 2 heterocycles. The van der Waals surface area contributed by atoms with Crippen molar-refractivity contribution in [2.24, 2.45) is 5.92 Å². The predicted molar refractivity (Wildman–Crippen MR) is 151 cm³/mol. The Labute approximate surface area is 226 Å². The molecule has 194 valence electrons. The lowest BCUT2D eigenvalue weighted by Crippen LogP contribution is -2.17. The number of nitrogens with one attached hydrogen (secondary N) is 1. The standard InChI is InChI=1S/C28H33N5O2S2/c1-18(2)15-33-26(20(5)35-24-14-10-9-13-22(24)19(3)4)31-32-28(33)37-17-25(34)30-27-29-23(16-36-27)21-11-7-6-8-12-21/h6-14,16,18-20H,15,17H2,1-5H3,(H,29,30,34). The Morgan fingerprint density at radius 3 is 2.49 bits per heavy atom. The molecule has 1 unspecified atom stereocenters. The second-order valence-electron chi connectivity index (χ2n) is 9.54. The summed E-state index contributed by atoms with van der Waals surface area (Å²) < 4.78 is 8.42. The van der Waals surface area contributed by atoms with Crippen LogP contribution in [0.1, 0.15) is 58.0 Å². The Hall–Kier alpha value is -3.17. The smallest absolute Gasteiger partial charge is 0.236 e. The number of thioether (sulfide) groups is 1. The molecule has 7 nitrogen and oxygen atoms in total. The molecule has 0 aliphatic carbocycles. The molecule has 4 aromatic rings. The molecule has 4 rings (SSSR count). The van der Waals surface area contributed by atoms with E-state index in [1.165, 1.54) is 23.1 Å². The molecule has 9 heteroatoms. The fourth-order valence-electron chi connectivity index (χ4n) is 3.91. The molecule has 0 aliphatic rings. The van der Waals surface area contributed by atoms with Crippen molar-refractivity contribution in [2.45, 2.75) is 58.3 Å². The fraction of sp³-hybridized carbons (Fsp3) is 0.357. The molecule has 0 fully saturated rings. The molecule has 0 spiro atoms. The first-order chi connectivity index (χ1) is 17.8. The van der Waals surface area contributed by atoms with Gasteiger partial charge in [-0.1, -0.05) is 88.0 Å². The topological polar surface area (TPSA) is 81.9 Å². The molecule has 2 aromatic carbocycles. The van der Waals surface area contributed by atoms with Gasteiger partial charge in [0.15, 0.2) is 22.2 Å². The first kappa shape index (κ1) is 26.9. The number of thiazole rings is 1. The summed E-state index contributed by atoms with van der Waals surface area (Å²) in [7, 11) is 0. The van der Waals surface area contributed by atoms with E-state index in [1.54, 1.807) is 0 Å². The number of hydrogen-bond acceptors (Lipinski definition) is 7. The van der Waals surface area contributed by atoms with Gasteiger partial charge in [0.05, 0.1) is 11.4 Å². The minimum absolute atomic E-state index is 0.130. The molecule has 37 heavy (non-hydrogen) atoms. The van der Waals surface area contributed by atoms with Crippen LogP contribution in [-0.2, 0) is 11.3 Å². The first-order valence-corrected chi connectivity index (χ1v) is 14.3. The number of hydrogen-bond donors (Lipinski definition) is 1. The summed E-state index contributed by atoms with van der Waals surface area (Å²) in [4.78, 5) is 17.2. The van der Waals surface area contributed by atoms with Crippen LogP contribution in [0.2, 0.25) is 0 Å². The third kappa shape index (κ3) is 6.99. The van der Waals surface area contributed by atoms with Gasteiger partial charge in [0.2, 0.25) is 5.91 Å². The highest BCUT2D eigenvalue weighted by Crippen LogP contribution is 2.31. The molecule has 1 atom stereocenters. The Bertz CT molecular complexity index is 1320. The number of carbonyl (C=O) groups is 1. The van der Waals surface area contributed by atoms with Crippen LogP contribution in [0.3, 0.4) is 0 Å². The normalized spacial score (nSPS) is 12.2. The number of anilines is 1. The lowest BCUT2D eigenvalue weighted by Gasteiger charge is -2.20. The van der Waals surface area contributed by atoms with E-state index in [-0.39, 0.29) is 17.8 Å². The molecule has 2 aromatic heterocycles. The number of para-hydroxylation sites is 1. The first-order valence-electron chi connectivity index (χ1n) is 12.4. The molecule has 0 radical (unpaired) electrons. The maximum atomic E-state index is 12.7. The van der Waals surface area contributed by atoms with Crippen LogP contribution in [0.4, 0.5) is 5.13 Å². The van der Waals surface area contributed by atoms with E-state index in [4.69, 9.17) is 4.74 Å². The predicted octanol–water partition coefficient (Wildman–Crippen LogP) is 7.05. The van der Waals surface area contributed by atoms with E-state index < -0.39 is 0 Å². The Kier molecular flexibility index (Phi) is 9.00. The molecule has 1 amide bonds. The van der Waals surface area contributed by atoms with Gasteiger partial charge in [0.1, 0.15) is 5.75 Å². The van der Waals surface area contributed by atoms with Crippen LogP contribution in [0.5, 0.6) is 5.75 Å². The highest BCUT2D eigenvalue weighted by Gasteiger charge is 2.22. The highest BCUT2D eigenvalue weighted by molar-refractivity contribution is 7.99. The number of nitrogens with zero attached hydrogens (tertiary/aromatic N) is 4. The Morgan fingerprint density at radius 1 is 1.03 bits per heavy atom. The van der Waals surface area contributed by atoms with Gasteiger partial charge in [0, 0.05) is 17.5 Å². The summed E-state index contributed by atoms with van der Waals surface area (Å²) in [5, 5.41) is 15.0. The number of benzene rings is 2. The largest absolute Gasteiger partial charge is 0.482 e. The highest BCUT2D eigenvalue weighted by atomic mass is 32.2. The maximum absolute atomic E-state index is 12.7. The van der Waals surface area contributed by atoms with Gasteiger partial charge in [-0.05, 0) is 30.4 Å². The van der Waals surface area contributed by atoms with E-state index in [0.29, 0.717) is 22.1 Å². The van der Waals surface area contributed by atoms with Gasteiger partial charge in [-0.2, -0.15) is 0 Å². The van der Waals surface area contributed by atoms with Gasteiger partial charge in [-0.25, -0.2) is 4.98 Å². The van der Waals surface area contributed by atoms with Crippen molar-refractivity contribution in [3.8, 4) is 17.0 Å². The minimum Gasteiger partial charge on any atom is -0.482 e. The van der Waals surface area contributed by atoms with Crippen molar-refractivity contribution in [3.05, 3.63) is 71.4 Å². The van der Waals surface area contributed by atoms with Crippen LogP contribution in [0.25, 0.3) is 11.3 Å². The number of aromatic nitrogens is 4. The van der Waals surface area contributed by atoms with Crippen LogP contribution in [0, 0.1) is 5.92 Å². The lowest BCUT2D eigenvalue weighted by atomic mass is 10.0. The summed E-state index contributed by atoms with van der Waals surface area (Å²) in [5.74, 6) is 2.42. The molecule has 0 bridgehead atoms. The van der Waals surface area contributed by atoms with Gasteiger partial charge >= 0.3 is 0 Å². The molecular weight excluding hydrogens is 502 g/mol.